The lowest BCUT2D eigenvalue weighted by molar-refractivity contribution is 0.130. The number of fused-ring (bicyclic) bond motifs is 2. The molecule has 3 aromatic carbocycles. The van der Waals surface area contributed by atoms with Crippen molar-refractivity contribution in [2.45, 2.75) is 53.2 Å². The Morgan fingerprint density at radius 3 is 2.47 bits per heavy atom. The first-order chi connectivity index (χ1) is 15.4. The van der Waals surface area contributed by atoms with E-state index < -0.39 is 12.2 Å². The highest BCUT2D eigenvalue weighted by Crippen LogP contribution is 2.43. The van der Waals surface area contributed by atoms with E-state index in [0.717, 1.165) is 67.7 Å². The van der Waals surface area contributed by atoms with Crippen molar-refractivity contribution in [2.24, 2.45) is 0 Å². The first kappa shape index (κ1) is 22.4. The van der Waals surface area contributed by atoms with Crippen molar-refractivity contribution in [2.75, 3.05) is 5.32 Å². The number of aryl methyl sites for hydroxylation is 3. The first-order valence-electron chi connectivity index (χ1n) is 11.0. The third-order valence-corrected chi connectivity index (χ3v) is 7.35. The van der Waals surface area contributed by atoms with E-state index in [1.807, 2.05) is 62.4 Å². The molecule has 0 bridgehead atoms. The van der Waals surface area contributed by atoms with Crippen LogP contribution in [0, 0.1) is 13.8 Å². The first-order valence-corrected chi connectivity index (χ1v) is 11.8. The van der Waals surface area contributed by atoms with Gasteiger partial charge in [0.2, 0.25) is 0 Å². The van der Waals surface area contributed by atoms with Gasteiger partial charge in [-0.3, -0.25) is 5.32 Å². The molecule has 4 nitrogen and oxygen atoms in total. The summed E-state index contributed by atoms with van der Waals surface area (Å²) in [6.45, 7) is 8.68. The maximum atomic E-state index is 13.2. The molecule has 1 atom stereocenters. The van der Waals surface area contributed by atoms with Crippen LogP contribution >= 0.6 is 15.9 Å². The monoisotopic (exact) mass is 493 g/mol. The molecule has 166 valence electrons. The van der Waals surface area contributed by atoms with Crippen molar-refractivity contribution in [3.8, 4) is 5.75 Å². The van der Waals surface area contributed by atoms with Crippen LogP contribution in [0.3, 0.4) is 0 Å². The van der Waals surface area contributed by atoms with E-state index >= 15 is 0 Å². The Labute approximate surface area is 198 Å². The Hall–Kier alpha value is -2.79. The number of carbonyl (C=O) groups is 1. The third-order valence-electron chi connectivity index (χ3n) is 6.13. The minimum Gasteiger partial charge on any atom is -0.488 e. The minimum atomic E-state index is -0.570. The molecule has 1 unspecified atom stereocenters. The standard InChI is InChI=1S/C27H28BrNO3/c1-5-18-11-9-12-19(6-2)25(18)29-27(30)32-26-21-13-8-7-10-20(21)15-31-22-14-16(3)24(28)17(4)23(22)26/h7-14,26H,5-6,15H2,1-4H3,(H,29,30). The number of hydrogen-bond acceptors (Lipinski definition) is 3. The predicted molar refractivity (Wildman–Crippen MR) is 132 cm³/mol. The number of carbonyl (C=O) groups excluding carboxylic acids is 1. The highest BCUT2D eigenvalue weighted by atomic mass is 79.9. The second kappa shape index (κ2) is 9.37. The fourth-order valence-electron chi connectivity index (χ4n) is 4.38. The topological polar surface area (TPSA) is 47.6 Å². The van der Waals surface area contributed by atoms with Crippen molar-refractivity contribution in [1.82, 2.24) is 0 Å². The summed E-state index contributed by atoms with van der Waals surface area (Å²) in [6, 6.07) is 16.1. The lowest BCUT2D eigenvalue weighted by atomic mass is 9.93. The molecule has 5 heteroatoms. The van der Waals surface area contributed by atoms with E-state index in [9.17, 15) is 4.79 Å². The van der Waals surface area contributed by atoms with Gasteiger partial charge < -0.3 is 9.47 Å². The minimum absolute atomic E-state index is 0.434. The maximum Gasteiger partial charge on any atom is 0.412 e. The summed E-state index contributed by atoms with van der Waals surface area (Å²) in [5, 5.41) is 3.04. The van der Waals surface area contributed by atoms with Crippen molar-refractivity contribution >= 4 is 27.7 Å². The largest absolute Gasteiger partial charge is 0.488 e. The van der Waals surface area contributed by atoms with Gasteiger partial charge >= 0.3 is 6.09 Å². The van der Waals surface area contributed by atoms with E-state index in [1.54, 1.807) is 0 Å². The molecule has 3 aromatic rings. The molecule has 4 rings (SSSR count). The Kier molecular flexibility index (Phi) is 6.56. The lowest BCUT2D eigenvalue weighted by Crippen LogP contribution is -2.21. The molecule has 1 heterocycles. The van der Waals surface area contributed by atoms with E-state index in [4.69, 9.17) is 9.47 Å². The quantitative estimate of drug-likeness (QED) is 0.411. The molecule has 0 saturated carbocycles. The van der Waals surface area contributed by atoms with Gasteiger partial charge in [-0.25, -0.2) is 4.79 Å². The molecule has 0 radical (unpaired) electrons. The number of ether oxygens (including phenoxy) is 2. The predicted octanol–water partition coefficient (Wildman–Crippen LogP) is 7.42. The van der Waals surface area contributed by atoms with Crippen molar-refractivity contribution in [1.29, 1.82) is 0 Å². The Morgan fingerprint density at radius 2 is 1.78 bits per heavy atom. The van der Waals surface area contributed by atoms with Gasteiger partial charge in [0.25, 0.3) is 0 Å². The van der Waals surface area contributed by atoms with Crippen LogP contribution in [-0.2, 0) is 24.2 Å². The summed E-state index contributed by atoms with van der Waals surface area (Å²) in [5.41, 5.74) is 7.97. The van der Waals surface area contributed by atoms with Gasteiger partial charge in [-0.1, -0.05) is 72.2 Å². The summed E-state index contributed by atoms with van der Waals surface area (Å²) >= 11 is 3.70. The zero-order valence-electron chi connectivity index (χ0n) is 18.9. The molecule has 0 aliphatic carbocycles. The molecular formula is C27H28BrNO3. The van der Waals surface area contributed by atoms with Crippen molar-refractivity contribution in [3.05, 3.63) is 91.9 Å². The third kappa shape index (κ3) is 4.14. The molecule has 1 N–H and O–H groups in total. The van der Waals surface area contributed by atoms with Crippen LogP contribution in [0.25, 0.3) is 0 Å². The lowest BCUT2D eigenvalue weighted by Gasteiger charge is -2.23. The summed E-state index contributed by atoms with van der Waals surface area (Å²) in [7, 11) is 0. The number of amides is 1. The zero-order valence-corrected chi connectivity index (χ0v) is 20.5. The van der Waals surface area contributed by atoms with Crippen molar-refractivity contribution < 1.29 is 14.3 Å². The van der Waals surface area contributed by atoms with Crippen LogP contribution in [0.4, 0.5) is 10.5 Å². The smallest absolute Gasteiger partial charge is 0.412 e. The highest BCUT2D eigenvalue weighted by molar-refractivity contribution is 9.10. The second-order valence-corrected chi connectivity index (χ2v) is 8.89. The molecular weight excluding hydrogens is 466 g/mol. The maximum absolute atomic E-state index is 13.2. The highest BCUT2D eigenvalue weighted by Gasteiger charge is 2.31. The molecule has 32 heavy (non-hydrogen) atoms. The number of benzene rings is 3. The van der Waals surface area contributed by atoms with Gasteiger partial charge in [0.1, 0.15) is 12.4 Å². The average molecular weight is 494 g/mol. The van der Waals surface area contributed by atoms with Crippen molar-refractivity contribution in [3.63, 3.8) is 0 Å². The van der Waals surface area contributed by atoms with Gasteiger partial charge in [0.05, 0.1) is 5.69 Å². The van der Waals surface area contributed by atoms with E-state index in [0.29, 0.717) is 6.61 Å². The zero-order chi connectivity index (χ0) is 22.8. The molecule has 0 fully saturated rings. The normalized spacial score (nSPS) is 14.6. The number of nitrogens with one attached hydrogen (secondary N) is 1. The summed E-state index contributed by atoms with van der Waals surface area (Å²) in [6.07, 6.45) is 0.624. The summed E-state index contributed by atoms with van der Waals surface area (Å²) < 4.78 is 13.3. The van der Waals surface area contributed by atoms with Gasteiger partial charge in [-0.2, -0.15) is 0 Å². The molecule has 0 saturated heterocycles. The second-order valence-electron chi connectivity index (χ2n) is 8.10. The Balaban J connectivity index is 1.76. The van der Waals surface area contributed by atoms with Crippen LogP contribution in [0.1, 0.15) is 58.9 Å². The van der Waals surface area contributed by atoms with Crippen LogP contribution in [0.2, 0.25) is 0 Å². The summed E-state index contributed by atoms with van der Waals surface area (Å²) in [4.78, 5) is 13.2. The number of halogens is 1. The van der Waals surface area contributed by atoms with Gasteiger partial charge in [0, 0.05) is 15.6 Å². The van der Waals surface area contributed by atoms with E-state index in [-0.39, 0.29) is 0 Å². The molecule has 0 spiro atoms. The Bertz CT molecular complexity index is 1150. The van der Waals surface area contributed by atoms with Gasteiger partial charge in [-0.15, -0.1) is 0 Å². The van der Waals surface area contributed by atoms with Gasteiger partial charge in [0.15, 0.2) is 6.10 Å². The number of rotatable bonds is 4. The van der Waals surface area contributed by atoms with Gasteiger partial charge in [-0.05, 0) is 60.6 Å². The fourth-order valence-corrected chi connectivity index (χ4v) is 4.71. The van der Waals surface area contributed by atoms with Crippen LogP contribution in [0.15, 0.2) is 53.0 Å². The SMILES string of the molecule is CCc1cccc(CC)c1NC(=O)OC1c2ccccc2COc2cc(C)c(Br)c(C)c21. The Morgan fingerprint density at radius 1 is 1.09 bits per heavy atom. The molecule has 1 aliphatic heterocycles. The number of para-hydroxylation sites is 1. The molecule has 1 amide bonds. The number of hydrogen-bond donors (Lipinski definition) is 1. The van der Waals surface area contributed by atoms with E-state index in [1.165, 1.54) is 0 Å². The average Bonchev–Trinajstić information content (AvgIpc) is 2.95. The fraction of sp³-hybridized carbons (Fsp3) is 0.296. The summed E-state index contributed by atoms with van der Waals surface area (Å²) in [5.74, 6) is 0.750. The van der Waals surface area contributed by atoms with Crippen LogP contribution < -0.4 is 10.1 Å². The van der Waals surface area contributed by atoms with E-state index in [2.05, 4.69) is 35.1 Å². The molecule has 0 aromatic heterocycles. The van der Waals surface area contributed by atoms with Crippen LogP contribution in [0.5, 0.6) is 5.75 Å². The van der Waals surface area contributed by atoms with Crippen LogP contribution in [-0.4, -0.2) is 6.09 Å². The molecule has 1 aliphatic rings. The number of anilines is 1.